The number of ether oxygens (including phenoxy) is 1. The summed E-state index contributed by atoms with van der Waals surface area (Å²) >= 11 is 0. The van der Waals surface area contributed by atoms with Crippen LogP contribution in [0.2, 0.25) is 0 Å². The minimum atomic E-state index is -0.783. The molecule has 0 amide bonds. The molecule has 1 saturated carbocycles. The molecule has 1 atom stereocenters. The first-order valence-electron chi connectivity index (χ1n) is 5.33. The molecule has 84 valence electrons. The van der Waals surface area contributed by atoms with Gasteiger partial charge in [0.05, 0.1) is 0 Å². The molecular weight excluding hydrogens is 182 g/mol. The Morgan fingerprint density at radius 3 is 2.29 bits per heavy atom. The Kier molecular flexibility index (Phi) is 4.31. The van der Waals surface area contributed by atoms with E-state index in [1.165, 1.54) is 6.42 Å². The van der Waals surface area contributed by atoms with Crippen LogP contribution in [0.3, 0.4) is 0 Å². The summed E-state index contributed by atoms with van der Waals surface area (Å²) in [5, 5.41) is 11.6. The molecule has 0 aromatic carbocycles. The summed E-state index contributed by atoms with van der Waals surface area (Å²) < 4.78 is 5.06. The fourth-order valence-corrected chi connectivity index (χ4v) is 1.71. The van der Waals surface area contributed by atoms with Crippen LogP contribution in [0.4, 0.5) is 0 Å². The van der Waals surface area contributed by atoms with Crippen molar-refractivity contribution in [2.45, 2.75) is 57.8 Å². The summed E-state index contributed by atoms with van der Waals surface area (Å²) in [6.45, 7) is 3.52. The van der Waals surface area contributed by atoms with Crippen LogP contribution in [-0.4, -0.2) is 18.9 Å². The topological polar surface area (TPSA) is 46.0 Å². The van der Waals surface area contributed by atoms with Gasteiger partial charge in [-0.1, -0.05) is 6.42 Å². The Morgan fingerprint density at radius 1 is 1.21 bits per heavy atom. The molecule has 0 heterocycles. The summed E-state index contributed by atoms with van der Waals surface area (Å²) in [6, 6.07) is 0.0955. The molecule has 0 spiro atoms. The first kappa shape index (κ1) is 11.9. The third-order valence-electron chi connectivity index (χ3n) is 2.78. The predicted molar refractivity (Wildman–Crippen MR) is 53.4 cm³/mol. The van der Waals surface area contributed by atoms with E-state index in [0.29, 0.717) is 0 Å². The van der Waals surface area contributed by atoms with Crippen LogP contribution in [-0.2, 0) is 9.57 Å². The van der Waals surface area contributed by atoms with Crippen molar-refractivity contribution in [1.29, 1.82) is 0 Å². The van der Waals surface area contributed by atoms with Gasteiger partial charge in [-0.15, -0.1) is 0 Å². The second kappa shape index (κ2) is 5.07. The first-order valence-corrected chi connectivity index (χ1v) is 5.33. The highest BCUT2D eigenvalue weighted by Gasteiger charge is 2.27. The van der Waals surface area contributed by atoms with Gasteiger partial charge in [0.1, 0.15) is 6.04 Å². The quantitative estimate of drug-likeness (QED) is 0.548. The molecule has 1 unspecified atom stereocenters. The van der Waals surface area contributed by atoms with E-state index in [-0.39, 0.29) is 11.3 Å². The SMILES string of the molecule is COC(C)(C)O[NH+]([O-])C1CCCCC1. The third kappa shape index (κ3) is 3.53. The molecule has 1 fully saturated rings. The van der Waals surface area contributed by atoms with Crippen LogP contribution in [0.5, 0.6) is 0 Å². The van der Waals surface area contributed by atoms with Crippen molar-refractivity contribution < 1.29 is 14.8 Å². The number of methoxy groups -OCH3 is 1. The summed E-state index contributed by atoms with van der Waals surface area (Å²) in [7, 11) is 1.55. The lowest BCUT2D eigenvalue weighted by Crippen LogP contribution is -3.11. The minimum Gasteiger partial charge on any atom is -0.600 e. The maximum absolute atomic E-state index is 11.7. The van der Waals surface area contributed by atoms with Crippen LogP contribution in [0.1, 0.15) is 46.0 Å². The zero-order valence-corrected chi connectivity index (χ0v) is 9.34. The second-order valence-corrected chi connectivity index (χ2v) is 4.36. The van der Waals surface area contributed by atoms with Crippen LogP contribution < -0.4 is 5.23 Å². The number of quaternary nitrogens is 1. The van der Waals surface area contributed by atoms with E-state index >= 15 is 0 Å². The highest BCUT2D eigenvalue weighted by molar-refractivity contribution is 4.63. The van der Waals surface area contributed by atoms with Crippen molar-refractivity contribution in [3.05, 3.63) is 5.21 Å². The number of rotatable bonds is 4. The Labute approximate surface area is 85.7 Å². The number of hydroxylamine groups is 2. The normalized spacial score (nSPS) is 22.3. The van der Waals surface area contributed by atoms with Crippen molar-refractivity contribution in [2.75, 3.05) is 7.11 Å². The van der Waals surface area contributed by atoms with Gasteiger partial charge in [-0.3, -0.25) is 0 Å². The lowest BCUT2D eigenvalue weighted by molar-refractivity contribution is -1.09. The molecule has 4 heteroatoms. The van der Waals surface area contributed by atoms with Crippen molar-refractivity contribution in [2.24, 2.45) is 0 Å². The predicted octanol–water partition coefficient (Wildman–Crippen LogP) is 1.02. The molecule has 1 aliphatic rings. The van der Waals surface area contributed by atoms with Crippen molar-refractivity contribution in [3.63, 3.8) is 0 Å². The van der Waals surface area contributed by atoms with Gasteiger partial charge in [0, 0.05) is 20.0 Å². The molecule has 0 aromatic rings. The van der Waals surface area contributed by atoms with Crippen LogP contribution in [0.25, 0.3) is 0 Å². The Balaban J connectivity index is 2.36. The molecule has 14 heavy (non-hydrogen) atoms. The molecule has 1 aliphatic carbocycles. The highest BCUT2D eigenvalue weighted by atomic mass is 16.9. The fourth-order valence-electron chi connectivity index (χ4n) is 1.71. The van der Waals surface area contributed by atoms with Gasteiger partial charge < -0.3 is 9.94 Å². The molecule has 0 aliphatic heterocycles. The molecule has 1 rings (SSSR count). The number of nitrogens with one attached hydrogen (secondary N) is 1. The lowest BCUT2D eigenvalue weighted by atomic mass is 9.96. The maximum Gasteiger partial charge on any atom is 0.220 e. The van der Waals surface area contributed by atoms with Gasteiger partial charge in [0.2, 0.25) is 5.79 Å². The van der Waals surface area contributed by atoms with Crippen LogP contribution >= 0.6 is 0 Å². The van der Waals surface area contributed by atoms with Gasteiger partial charge >= 0.3 is 0 Å². The Hall–Kier alpha value is -0.160. The molecule has 0 radical (unpaired) electrons. The zero-order chi connectivity index (χ0) is 10.6. The summed E-state index contributed by atoms with van der Waals surface area (Å²) in [6.07, 6.45) is 5.48. The van der Waals surface area contributed by atoms with Crippen molar-refractivity contribution in [1.82, 2.24) is 0 Å². The zero-order valence-electron chi connectivity index (χ0n) is 9.34. The van der Waals surface area contributed by atoms with Crippen molar-refractivity contribution >= 4 is 0 Å². The van der Waals surface area contributed by atoms with Crippen molar-refractivity contribution in [3.8, 4) is 0 Å². The van der Waals surface area contributed by atoms with Gasteiger partial charge in [-0.2, -0.15) is 4.84 Å². The second-order valence-electron chi connectivity index (χ2n) is 4.36. The largest absolute Gasteiger partial charge is 0.600 e. The van der Waals surface area contributed by atoms with E-state index in [9.17, 15) is 5.21 Å². The maximum atomic E-state index is 11.7. The molecule has 0 saturated heterocycles. The molecule has 0 bridgehead atoms. The Bertz CT molecular complexity index is 167. The fraction of sp³-hybridized carbons (Fsp3) is 1.00. The smallest absolute Gasteiger partial charge is 0.220 e. The van der Waals surface area contributed by atoms with E-state index in [4.69, 9.17) is 9.57 Å². The third-order valence-corrected chi connectivity index (χ3v) is 2.78. The van der Waals surface area contributed by atoms with Gasteiger partial charge in [-0.25, -0.2) is 5.23 Å². The molecule has 0 aromatic heterocycles. The van der Waals surface area contributed by atoms with E-state index in [2.05, 4.69) is 0 Å². The lowest BCUT2D eigenvalue weighted by Gasteiger charge is -2.36. The average Bonchev–Trinajstić information content (AvgIpc) is 2.19. The van der Waals surface area contributed by atoms with E-state index < -0.39 is 5.79 Å². The standard InChI is InChI=1S/C10H21NO3/c1-10(2,13-3)14-11(12)9-7-5-4-6-8-9/h9,11H,4-8H2,1-3H3. The van der Waals surface area contributed by atoms with Crippen LogP contribution in [0, 0.1) is 5.21 Å². The monoisotopic (exact) mass is 203 g/mol. The van der Waals surface area contributed by atoms with Crippen LogP contribution in [0.15, 0.2) is 0 Å². The molecule has 4 nitrogen and oxygen atoms in total. The van der Waals surface area contributed by atoms with Gasteiger partial charge in [0.25, 0.3) is 0 Å². The van der Waals surface area contributed by atoms with E-state index in [0.717, 1.165) is 25.7 Å². The first-order chi connectivity index (χ1) is 6.55. The highest BCUT2D eigenvalue weighted by Crippen LogP contribution is 2.16. The average molecular weight is 203 g/mol. The minimum absolute atomic E-state index is 0.0955. The molecular formula is C10H21NO3. The van der Waals surface area contributed by atoms with Gasteiger partial charge in [0.15, 0.2) is 0 Å². The van der Waals surface area contributed by atoms with E-state index in [1.807, 2.05) is 0 Å². The summed E-state index contributed by atoms with van der Waals surface area (Å²) in [5.74, 6) is -0.783. The van der Waals surface area contributed by atoms with Gasteiger partial charge in [-0.05, 0) is 26.7 Å². The summed E-state index contributed by atoms with van der Waals surface area (Å²) in [5.41, 5.74) is 0. The Morgan fingerprint density at radius 2 is 1.79 bits per heavy atom. The molecule has 1 N–H and O–H groups in total. The number of hydrogen-bond donors (Lipinski definition) is 1. The van der Waals surface area contributed by atoms with E-state index in [1.54, 1.807) is 21.0 Å². The summed E-state index contributed by atoms with van der Waals surface area (Å²) in [4.78, 5) is 5.27. The number of hydrogen-bond acceptors (Lipinski definition) is 3.